The number of thioether (sulfide) groups is 1. The van der Waals surface area contributed by atoms with Crippen molar-refractivity contribution < 1.29 is 0 Å². The summed E-state index contributed by atoms with van der Waals surface area (Å²) in [4.78, 5) is 0. The SMILES string of the molecule is C.C.C.C.C.CC.CC1CCSC1C. The van der Waals surface area contributed by atoms with Crippen LogP contribution in [0.4, 0.5) is 0 Å². The molecule has 0 saturated carbocycles. The van der Waals surface area contributed by atoms with Gasteiger partial charge in [0.15, 0.2) is 0 Å². The average molecular weight is 227 g/mol. The molecule has 2 unspecified atom stereocenters. The van der Waals surface area contributed by atoms with Gasteiger partial charge in [0.2, 0.25) is 0 Å². The van der Waals surface area contributed by atoms with Gasteiger partial charge >= 0.3 is 0 Å². The molecule has 0 amide bonds. The minimum atomic E-state index is 0. The van der Waals surface area contributed by atoms with Crippen LogP contribution < -0.4 is 0 Å². The van der Waals surface area contributed by atoms with Gasteiger partial charge in [0.05, 0.1) is 0 Å². The maximum atomic E-state index is 2.34. The third kappa shape index (κ3) is 14.9. The summed E-state index contributed by atoms with van der Waals surface area (Å²) in [6, 6.07) is 0. The van der Waals surface area contributed by atoms with E-state index in [1.54, 1.807) is 0 Å². The highest BCUT2D eigenvalue weighted by Gasteiger charge is 2.18. The second-order valence-corrected chi connectivity index (χ2v) is 3.83. The molecule has 0 aromatic carbocycles. The van der Waals surface area contributed by atoms with Crippen molar-refractivity contribution in [2.45, 2.75) is 76.5 Å². The zero-order valence-electron chi connectivity index (χ0n) is 6.98. The van der Waals surface area contributed by atoms with Crippen LogP contribution in [0.25, 0.3) is 0 Å². The molecule has 0 N–H and O–H groups in total. The lowest BCUT2D eigenvalue weighted by Crippen LogP contribution is -2.00. The van der Waals surface area contributed by atoms with Crippen molar-refractivity contribution in [2.24, 2.45) is 5.92 Å². The first kappa shape index (κ1) is 36.7. The lowest BCUT2D eigenvalue weighted by atomic mass is 10.1. The molecule has 0 bridgehead atoms. The predicted molar refractivity (Wildman–Crippen MR) is 80.7 cm³/mol. The first-order valence-corrected chi connectivity index (χ1v) is 4.97. The number of hydrogen-bond donors (Lipinski definition) is 0. The molecule has 2 atom stereocenters. The van der Waals surface area contributed by atoms with Crippen molar-refractivity contribution in [3.63, 3.8) is 0 Å². The van der Waals surface area contributed by atoms with Crippen LogP contribution >= 0.6 is 11.8 Å². The Morgan fingerprint density at radius 1 is 0.857 bits per heavy atom. The topological polar surface area (TPSA) is 0 Å². The Bertz CT molecular complexity index is 54.3. The molecular weight excluding hydrogens is 188 g/mol. The molecular formula is C13H38S. The standard InChI is InChI=1S/C6H12S.C2H6.5CH4/c1-5-3-4-7-6(5)2;1-2;;;;;/h5-6H,3-4H2,1-2H3;1-2H3;5*1H4. The molecule has 1 heterocycles. The zero-order chi connectivity index (χ0) is 7.28. The van der Waals surface area contributed by atoms with Crippen LogP contribution in [0.5, 0.6) is 0 Å². The molecule has 0 aliphatic carbocycles. The van der Waals surface area contributed by atoms with Crippen LogP contribution in [0.2, 0.25) is 0 Å². The summed E-state index contributed by atoms with van der Waals surface area (Å²) in [5.74, 6) is 2.37. The van der Waals surface area contributed by atoms with Crippen molar-refractivity contribution in [2.75, 3.05) is 5.75 Å². The second-order valence-electron chi connectivity index (χ2n) is 2.34. The van der Waals surface area contributed by atoms with E-state index in [9.17, 15) is 0 Å². The number of hydrogen-bond acceptors (Lipinski definition) is 1. The molecule has 1 rings (SSSR count). The first-order valence-electron chi connectivity index (χ1n) is 3.92. The Labute approximate surface area is 100 Å². The first-order chi connectivity index (χ1) is 4.30. The van der Waals surface area contributed by atoms with E-state index in [-0.39, 0.29) is 37.1 Å². The van der Waals surface area contributed by atoms with Crippen molar-refractivity contribution in [3.05, 3.63) is 0 Å². The molecule has 14 heavy (non-hydrogen) atoms. The van der Waals surface area contributed by atoms with Crippen LogP contribution in [-0.4, -0.2) is 11.0 Å². The van der Waals surface area contributed by atoms with E-state index < -0.39 is 0 Å². The van der Waals surface area contributed by atoms with Gasteiger partial charge in [-0.2, -0.15) is 11.8 Å². The molecule has 1 fully saturated rings. The lowest BCUT2D eigenvalue weighted by molar-refractivity contribution is 0.590. The molecule has 0 aromatic heterocycles. The van der Waals surface area contributed by atoms with Gasteiger partial charge in [-0.05, 0) is 18.1 Å². The van der Waals surface area contributed by atoms with E-state index in [1.165, 1.54) is 12.2 Å². The van der Waals surface area contributed by atoms with Gasteiger partial charge in [0, 0.05) is 5.25 Å². The van der Waals surface area contributed by atoms with Gasteiger partial charge < -0.3 is 0 Å². The smallest absolute Gasteiger partial charge is 0.00446 e. The summed E-state index contributed by atoms with van der Waals surface area (Å²) in [7, 11) is 0. The van der Waals surface area contributed by atoms with Crippen molar-refractivity contribution in [1.29, 1.82) is 0 Å². The van der Waals surface area contributed by atoms with E-state index in [1.807, 2.05) is 13.8 Å². The third-order valence-electron chi connectivity index (χ3n) is 1.76. The van der Waals surface area contributed by atoms with E-state index in [0.717, 1.165) is 11.2 Å². The van der Waals surface area contributed by atoms with Crippen LogP contribution in [-0.2, 0) is 0 Å². The van der Waals surface area contributed by atoms with Crippen LogP contribution in [0, 0.1) is 5.92 Å². The Hall–Kier alpha value is 0.350. The minimum Gasteiger partial charge on any atom is -0.159 e. The van der Waals surface area contributed by atoms with Gasteiger partial charge in [-0.3, -0.25) is 0 Å². The third-order valence-corrected chi connectivity index (χ3v) is 3.22. The van der Waals surface area contributed by atoms with Crippen molar-refractivity contribution in [3.8, 4) is 0 Å². The molecule has 0 spiro atoms. The molecule has 1 saturated heterocycles. The predicted octanol–water partition coefficient (Wildman–Crippen LogP) is 6.35. The molecule has 1 heteroatoms. The Morgan fingerprint density at radius 3 is 1.29 bits per heavy atom. The Balaban J connectivity index is -0.0000000217. The molecule has 0 radical (unpaired) electrons. The van der Waals surface area contributed by atoms with Crippen molar-refractivity contribution >= 4 is 11.8 Å². The molecule has 96 valence electrons. The van der Waals surface area contributed by atoms with Gasteiger partial charge in [-0.15, -0.1) is 0 Å². The summed E-state index contributed by atoms with van der Waals surface area (Å²) < 4.78 is 0. The van der Waals surface area contributed by atoms with Gasteiger partial charge in [-0.1, -0.05) is 64.8 Å². The normalized spacial score (nSPS) is 21.4. The quantitative estimate of drug-likeness (QED) is 0.463. The van der Waals surface area contributed by atoms with Gasteiger partial charge in [-0.25, -0.2) is 0 Å². The summed E-state index contributed by atoms with van der Waals surface area (Å²) in [5, 5.41) is 0.931. The fourth-order valence-electron chi connectivity index (χ4n) is 0.839. The largest absolute Gasteiger partial charge is 0.159 e. The maximum Gasteiger partial charge on any atom is 0.00446 e. The molecule has 1 aliphatic heterocycles. The average Bonchev–Trinajstić information content (AvgIpc) is 2.23. The monoisotopic (exact) mass is 226 g/mol. The van der Waals surface area contributed by atoms with Crippen LogP contribution in [0.1, 0.15) is 71.2 Å². The highest BCUT2D eigenvalue weighted by atomic mass is 32.2. The van der Waals surface area contributed by atoms with Gasteiger partial charge in [0.25, 0.3) is 0 Å². The van der Waals surface area contributed by atoms with E-state index >= 15 is 0 Å². The minimum absolute atomic E-state index is 0. The Kier molecular flexibility index (Phi) is 61.0. The van der Waals surface area contributed by atoms with Crippen molar-refractivity contribution in [1.82, 2.24) is 0 Å². The van der Waals surface area contributed by atoms with Gasteiger partial charge in [0.1, 0.15) is 0 Å². The fraction of sp³-hybridized carbons (Fsp3) is 1.00. The molecule has 0 aromatic rings. The number of rotatable bonds is 0. The van der Waals surface area contributed by atoms with E-state index in [4.69, 9.17) is 0 Å². The van der Waals surface area contributed by atoms with Crippen LogP contribution in [0.15, 0.2) is 0 Å². The van der Waals surface area contributed by atoms with E-state index in [2.05, 4.69) is 25.6 Å². The highest BCUT2D eigenvalue weighted by Crippen LogP contribution is 2.30. The summed E-state index contributed by atoms with van der Waals surface area (Å²) in [5.41, 5.74) is 0. The van der Waals surface area contributed by atoms with Crippen LogP contribution in [0.3, 0.4) is 0 Å². The highest BCUT2D eigenvalue weighted by molar-refractivity contribution is 8.00. The lowest BCUT2D eigenvalue weighted by Gasteiger charge is -2.04. The zero-order valence-corrected chi connectivity index (χ0v) is 7.79. The summed E-state index contributed by atoms with van der Waals surface area (Å²) in [6.45, 7) is 8.66. The summed E-state index contributed by atoms with van der Waals surface area (Å²) >= 11 is 2.11. The summed E-state index contributed by atoms with van der Waals surface area (Å²) in [6.07, 6.45) is 1.44. The van der Waals surface area contributed by atoms with E-state index in [0.29, 0.717) is 0 Å². The Morgan fingerprint density at radius 2 is 1.21 bits per heavy atom. The second kappa shape index (κ2) is 23.3. The fourth-order valence-corrected chi connectivity index (χ4v) is 2.18. The molecule has 0 nitrogen and oxygen atoms in total. The maximum absolute atomic E-state index is 2.34. The molecule has 1 aliphatic rings.